The van der Waals surface area contributed by atoms with Crippen LogP contribution in [0.3, 0.4) is 0 Å². The SMILES string of the molecule is CNC(=O)[C@H]1O[C@@H](n2cnc3c(NCc4cc(Cl)ccc4OCc4ccccc4Cl)ncnc32)[C@H](O)[C@@H]1N=[N+]=[N-]. The lowest BCUT2D eigenvalue weighted by Gasteiger charge is -2.17. The van der Waals surface area contributed by atoms with Crippen LogP contribution in [0.1, 0.15) is 17.4 Å². The van der Waals surface area contributed by atoms with Gasteiger partial charge < -0.3 is 25.2 Å². The van der Waals surface area contributed by atoms with E-state index in [2.05, 4.69) is 35.6 Å². The van der Waals surface area contributed by atoms with Crippen LogP contribution in [0.2, 0.25) is 10.0 Å². The molecule has 0 unspecified atom stereocenters. The van der Waals surface area contributed by atoms with Crippen LogP contribution in [-0.4, -0.2) is 55.8 Å². The van der Waals surface area contributed by atoms with E-state index in [1.807, 2.05) is 18.2 Å². The number of ether oxygens (including phenoxy) is 2. The molecule has 2 aromatic carbocycles. The Morgan fingerprint density at radius 2 is 2.05 bits per heavy atom. The lowest BCUT2D eigenvalue weighted by atomic mass is 10.1. The predicted molar refractivity (Wildman–Crippen MR) is 147 cm³/mol. The summed E-state index contributed by atoms with van der Waals surface area (Å²) in [5.41, 5.74) is 11.3. The summed E-state index contributed by atoms with van der Waals surface area (Å²) >= 11 is 12.5. The van der Waals surface area contributed by atoms with Crippen molar-refractivity contribution in [1.82, 2.24) is 24.8 Å². The van der Waals surface area contributed by atoms with Crippen LogP contribution in [0, 0.1) is 0 Å². The first-order valence-corrected chi connectivity index (χ1v) is 12.8. The molecule has 3 N–H and O–H groups in total. The number of imidazole rings is 1. The van der Waals surface area contributed by atoms with Crippen molar-refractivity contribution in [2.75, 3.05) is 12.4 Å². The number of benzene rings is 2. The zero-order valence-corrected chi connectivity index (χ0v) is 22.5. The van der Waals surface area contributed by atoms with Gasteiger partial charge in [-0.25, -0.2) is 15.0 Å². The highest BCUT2D eigenvalue weighted by Crippen LogP contribution is 2.34. The van der Waals surface area contributed by atoms with Crippen molar-refractivity contribution in [3.05, 3.63) is 86.7 Å². The van der Waals surface area contributed by atoms with Crippen LogP contribution in [0.4, 0.5) is 5.82 Å². The number of rotatable bonds is 9. The number of anilines is 1. The summed E-state index contributed by atoms with van der Waals surface area (Å²) in [6.45, 7) is 0.561. The second-order valence-electron chi connectivity index (χ2n) is 8.78. The third kappa shape index (κ3) is 5.46. The number of amides is 1. The molecule has 13 nitrogen and oxygen atoms in total. The first kappa shape index (κ1) is 27.4. The fourth-order valence-electron chi connectivity index (χ4n) is 4.38. The van der Waals surface area contributed by atoms with Crippen LogP contribution < -0.4 is 15.4 Å². The summed E-state index contributed by atoms with van der Waals surface area (Å²) < 4.78 is 13.3. The van der Waals surface area contributed by atoms with Gasteiger partial charge in [-0.3, -0.25) is 9.36 Å². The van der Waals surface area contributed by atoms with Crippen molar-refractivity contribution in [2.45, 2.75) is 37.6 Å². The molecular weight excluding hydrogens is 561 g/mol. The summed E-state index contributed by atoms with van der Waals surface area (Å²) in [5.74, 6) is 0.483. The molecule has 0 radical (unpaired) electrons. The molecule has 1 aliphatic rings. The minimum Gasteiger partial charge on any atom is -0.488 e. The highest BCUT2D eigenvalue weighted by atomic mass is 35.5. The van der Waals surface area contributed by atoms with Gasteiger partial charge in [0.25, 0.3) is 0 Å². The average Bonchev–Trinajstić information content (AvgIpc) is 3.53. The van der Waals surface area contributed by atoms with E-state index in [0.29, 0.717) is 32.8 Å². The quantitative estimate of drug-likeness (QED) is 0.150. The molecule has 206 valence electrons. The Morgan fingerprint density at radius 3 is 2.83 bits per heavy atom. The number of hydrogen-bond acceptors (Lipinski definition) is 9. The topological polar surface area (TPSA) is 172 Å². The molecule has 2 aromatic heterocycles. The van der Waals surface area contributed by atoms with Gasteiger partial charge in [0.15, 0.2) is 23.2 Å². The maximum Gasteiger partial charge on any atom is 0.249 e. The molecule has 0 bridgehead atoms. The second-order valence-corrected chi connectivity index (χ2v) is 9.62. The fourth-order valence-corrected chi connectivity index (χ4v) is 4.77. The minimum absolute atomic E-state index is 0.272. The number of carbonyl (C=O) groups is 1. The summed E-state index contributed by atoms with van der Waals surface area (Å²) in [6.07, 6.45) is -0.854. The maximum atomic E-state index is 12.3. The van der Waals surface area contributed by atoms with Crippen LogP contribution in [0.15, 0.2) is 60.2 Å². The second kappa shape index (κ2) is 11.9. The lowest BCUT2D eigenvalue weighted by molar-refractivity contribution is -0.134. The molecule has 1 amide bonds. The molecule has 5 rings (SSSR count). The van der Waals surface area contributed by atoms with Crippen LogP contribution in [-0.2, 0) is 22.7 Å². The number of aromatic nitrogens is 4. The molecule has 0 aliphatic carbocycles. The van der Waals surface area contributed by atoms with Gasteiger partial charge in [0.05, 0.1) is 6.33 Å². The van der Waals surface area contributed by atoms with Crippen LogP contribution in [0.25, 0.3) is 21.6 Å². The van der Waals surface area contributed by atoms with Gasteiger partial charge in [0.2, 0.25) is 5.91 Å². The molecule has 15 heteroatoms. The Labute approximate surface area is 237 Å². The van der Waals surface area contributed by atoms with Gasteiger partial charge in [-0.1, -0.05) is 46.5 Å². The van der Waals surface area contributed by atoms with Crippen molar-refractivity contribution in [3.8, 4) is 5.75 Å². The molecule has 40 heavy (non-hydrogen) atoms. The minimum atomic E-state index is -1.33. The van der Waals surface area contributed by atoms with Gasteiger partial charge in [-0.2, -0.15) is 0 Å². The number of fused-ring (bicyclic) bond motifs is 1. The van der Waals surface area contributed by atoms with E-state index in [4.69, 9.17) is 38.2 Å². The summed E-state index contributed by atoms with van der Waals surface area (Å²) in [4.78, 5) is 28.0. The van der Waals surface area contributed by atoms with Crippen molar-refractivity contribution in [2.24, 2.45) is 5.11 Å². The van der Waals surface area contributed by atoms with E-state index in [-0.39, 0.29) is 13.2 Å². The summed E-state index contributed by atoms with van der Waals surface area (Å²) in [5, 5.41) is 21.2. The summed E-state index contributed by atoms with van der Waals surface area (Å²) in [6, 6.07) is 11.6. The van der Waals surface area contributed by atoms with Crippen molar-refractivity contribution in [3.63, 3.8) is 0 Å². The van der Waals surface area contributed by atoms with Gasteiger partial charge in [0.1, 0.15) is 36.9 Å². The Morgan fingerprint density at radius 1 is 1.23 bits per heavy atom. The lowest BCUT2D eigenvalue weighted by Crippen LogP contribution is -2.40. The molecule has 1 aliphatic heterocycles. The van der Waals surface area contributed by atoms with E-state index >= 15 is 0 Å². The molecule has 1 saturated heterocycles. The Bertz CT molecular complexity index is 1590. The van der Waals surface area contributed by atoms with Gasteiger partial charge in [-0.15, -0.1) is 0 Å². The van der Waals surface area contributed by atoms with E-state index in [0.717, 1.165) is 11.1 Å². The van der Waals surface area contributed by atoms with Gasteiger partial charge in [-0.05, 0) is 29.8 Å². The Hall–Kier alpha value is -4.13. The zero-order chi connectivity index (χ0) is 28.2. The molecule has 4 aromatic rings. The van der Waals surface area contributed by atoms with E-state index in [1.165, 1.54) is 24.3 Å². The van der Waals surface area contributed by atoms with E-state index in [1.54, 1.807) is 24.3 Å². The maximum absolute atomic E-state index is 12.3. The number of carbonyl (C=O) groups excluding carboxylic acids is 1. The predicted octanol–water partition coefficient (Wildman–Crippen LogP) is 4.01. The van der Waals surface area contributed by atoms with Crippen molar-refractivity contribution in [1.29, 1.82) is 0 Å². The first-order chi connectivity index (χ1) is 19.4. The molecule has 1 fully saturated rings. The largest absolute Gasteiger partial charge is 0.488 e. The number of hydrogen-bond donors (Lipinski definition) is 3. The molecule has 3 heterocycles. The third-order valence-electron chi connectivity index (χ3n) is 6.37. The number of azide groups is 1. The normalized spacial score (nSPS) is 20.2. The monoisotopic (exact) mass is 583 g/mol. The van der Waals surface area contributed by atoms with Crippen molar-refractivity contribution >= 4 is 46.1 Å². The highest BCUT2D eigenvalue weighted by molar-refractivity contribution is 6.31. The number of likely N-dealkylation sites (N-methyl/N-ethyl adjacent to an activating group) is 1. The molecular formula is C25H23Cl2N9O4. The number of halogens is 2. The van der Waals surface area contributed by atoms with E-state index in [9.17, 15) is 9.90 Å². The Kier molecular flexibility index (Phi) is 8.19. The van der Waals surface area contributed by atoms with Gasteiger partial charge >= 0.3 is 0 Å². The fraction of sp³-hybridized carbons (Fsp3) is 0.280. The van der Waals surface area contributed by atoms with E-state index < -0.39 is 30.4 Å². The molecule has 0 spiro atoms. The number of nitrogens with zero attached hydrogens (tertiary/aromatic N) is 7. The smallest absolute Gasteiger partial charge is 0.249 e. The standard InChI is InChI=1S/C25H23Cl2N9O4/c1-29-24(38)21-18(34-35-28)20(37)25(40-21)36-12-33-19-22(31-11-32-23(19)36)30-9-14-8-15(26)6-7-17(14)39-10-13-4-2-3-5-16(13)27/h2-8,11-12,18,20-21,25,37H,9-10H2,1H3,(H,29,38)(H,30,31,32)/t18-,20+,21-,25+/m0/s1. The summed E-state index contributed by atoms with van der Waals surface area (Å²) in [7, 11) is 1.42. The van der Waals surface area contributed by atoms with Gasteiger partial charge in [0, 0.05) is 39.7 Å². The van der Waals surface area contributed by atoms with Crippen molar-refractivity contribution < 1.29 is 19.4 Å². The number of nitrogens with one attached hydrogen (secondary N) is 2. The Balaban J connectivity index is 1.37. The van der Waals surface area contributed by atoms with Crippen LogP contribution in [0.5, 0.6) is 5.75 Å². The van der Waals surface area contributed by atoms with Crippen LogP contribution >= 0.6 is 23.2 Å². The number of aliphatic hydroxyl groups is 1. The molecule has 0 saturated carbocycles. The molecule has 4 atom stereocenters. The zero-order valence-electron chi connectivity index (χ0n) is 21.0. The first-order valence-electron chi connectivity index (χ1n) is 12.1. The third-order valence-corrected chi connectivity index (χ3v) is 6.97. The average molecular weight is 584 g/mol. The highest BCUT2D eigenvalue weighted by Gasteiger charge is 2.48. The number of aliphatic hydroxyl groups excluding tert-OH is 1.